The van der Waals surface area contributed by atoms with E-state index in [1.807, 2.05) is 0 Å². The first-order valence-corrected chi connectivity index (χ1v) is 20.8. The lowest BCUT2D eigenvalue weighted by molar-refractivity contribution is 1.61. The predicted molar refractivity (Wildman–Crippen MR) is 259 cm³/mol. The second kappa shape index (κ2) is 13.9. The highest BCUT2D eigenvalue weighted by atomic mass is 14.2. The highest BCUT2D eigenvalue weighted by molar-refractivity contribution is 6.23. The quantitative estimate of drug-likeness (QED) is 0.153. The molecule has 0 N–H and O–H groups in total. The molecule has 0 bridgehead atoms. The maximum absolute atomic E-state index is 2.49. The van der Waals surface area contributed by atoms with Crippen LogP contribution in [0.1, 0.15) is 0 Å². The number of hydrogen-bond donors (Lipinski definition) is 0. The minimum atomic E-state index is 1.20. The van der Waals surface area contributed by atoms with Crippen LogP contribution in [0.2, 0.25) is 0 Å². The summed E-state index contributed by atoms with van der Waals surface area (Å²) < 4.78 is 0. The van der Waals surface area contributed by atoms with Gasteiger partial charge in [0.1, 0.15) is 0 Å². The molecule has 0 amide bonds. The van der Waals surface area contributed by atoms with Crippen LogP contribution in [0.25, 0.3) is 120 Å². The summed E-state index contributed by atoms with van der Waals surface area (Å²) >= 11 is 0. The van der Waals surface area contributed by atoms with Gasteiger partial charge in [0.25, 0.3) is 0 Å². The Kier molecular flexibility index (Phi) is 7.96. The minimum absolute atomic E-state index is 1.20. The largest absolute Gasteiger partial charge is 0.0616 e. The fraction of sp³-hybridized carbons (Fsp3) is 0. The second-order valence-electron chi connectivity index (χ2n) is 16.1. The molecule has 12 aromatic rings. The maximum Gasteiger partial charge on any atom is -0.00259 e. The molecule has 0 heteroatoms. The Bertz CT molecular complexity index is 3640. The molecule has 12 rings (SSSR count). The first-order chi connectivity index (χ1) is 29.7. The Labute approximate surface area is 349 Å². The standard InChI is InChI=1S/C60H38/c1-5-15-45-33-49(29-23-39(45)11-1)43-21-27-44(28-22-43)59-53-19-9-10-20-54(53)60(52-32-26-42-14-4-8-18-48(42)36-52)58-38-56(51-31-25-41-13-3-7-17-47(41)35-51)55(37-57(58)59)50-30-24-40-12-2-6-16-46(40)34-50/h1-38H. The molecule has 12 aromatic carbocycles. The number of fused-ring (bicyclic) bond motifs is 6. The van der Waals surface area contributed by atoms with E-state index in [1.54, 1.807) is 0 Å². The number of hydrogen-bond acceptors (Lipinski definition) is 0. The molecule has 0 aliphatic carbocycles. The van der Waals surface area contributed by atoms with Crippen molar-refractivity contribution in [2.75, 3.05) is 0 Å². The Morgan fingerprint density at radius 3 is 0.917 bits per heavy atom. The van der Waals surface area contributed by atoms with Gasteiger partial charge in [-0.1, -0.05) is 194 Å². The fourth-order valence-electron chi connectivity index (χ4n) is 9.58. The van der Waals surface area contributed by atoms with Gasteiger partial charge >= 0.3 is 0 Å². The third-order valence-electron chi connectivity index (χ3n) is 12.6. The van der Waals surface area contributed by atoms with Crippen molar-refractivity contribution in [1.29, 1.82) is 0 Å². The molecule has 0 radical (unpaired) electrons. The van der Waals surface area contributed by atoms with Crippen LogP contribution in [-0.4, -0.2) is 0 Å². The lowest BCUT2D eigenvalue weighted by Gasteiger charge is -2.21. The molecular weight excluding hydrogens is 721 g/mol. The van der Waals surface area contributed by atoms with Crippen molar-refractivity contribution in [2.24, 2.45) is 0 Å². The summed E-state index contributed by atoms with van der Waals surface area (Å²) in [5.41, 5.74) is 12.2. The smallest absolute Gasteiger partial charge is 0.00259 e. The molecular formula is C60H38. The molecule has 0 aliphatic heterocycles. The summed E-state index contributed by atoms with van der Waals surface area (Å²) in [6, 6.07) is 85.5. The van der Waals surface area contributed by atoms with Gasteiger partial charge in [-0.25, -0.2) is 0 Å². The van der Waals surface area contributed by atoms with Crippen LogP contribution in [-0.2, 0) is 0 Å². The molecule has 0 saturated heterocycles. The van der Waals surface area contributed by atoms with Crippen molar-refractivity contribution in [3.05, 3.63) is 231 Å². The van der Waals surface area contributed by atoms with E-state index in [4.69, 9.17) is 0 Å². The lowest BCUT2D eigenvalue weighted by atomic mass is 9.82. The van der Waals surface area contributed by atoms with Crippen LogP contribution < -0.4 is 0 Å². The van der Waals surface area contributed by atoms with Crippen LogP contribution in [0, 0.1) is 0 Å². The summed E-state index contributed by atoms with van der Waals surface area (Å²) in [5.74, 6) is 0. The van der Waals surface area contributed by atoms with E-state index in [1.165, 1.54) is 120 Å². The average Bonchev–Trinajstić information content (AvgIpc) is 3.32. The van der Waals surface area contributed by atoms with Crippen LogP contribution >= 0.6 is 0 Å². The van der Waals surface area contributed by atoms with E-state index in [-0.39, 0.29) is 0 Å². The van der Waals surface area contributed by atoms with E-state index >= 15 is 0 Å². The van der Waals surface area contributed by atoms with E-state index in [0.29, 0.717) is 0 Å². The molecule has 0 aliphatic rings. The zero-order valence-electron chi connectivity index (χ0n) is 32.9. The fourth-order valence-corrected chi connectivity index (χ4v) is 9.58. The molecule has 60 heavy (non-hydrogen) atoms. The van der Waals surface area contributed by atoms with Crippen molar-refractivity contribution in [3.8, 4) is 55.6 Å². The first-order valence-electron chi connectivity index (χ1n) is 20.8. The van der Waals surface area contributed by atoms with E-state index < -0.39 is 0 Å². The number of rotatable bonds is 5. The van der Waals surface area contributed by atoms with Crippen molar-refractivity contribution < 1.29 is 0 Å². The summed E-state index contributed by atoms with van der Waals surface area (Å²) in [6.07, 6.45) is 0. The molecule has 0 spiro atoms. The van der Waals surface area contributed by atoms with Gasteiger partial charge in [0.05, 0.1) is 0 Å². The third kappa shape index (κ3) is 5.76. The second-order valence-corrected chi connectivity index (χ2v) is 16.1. The van der Waals surface area contributed by atoms with Gasteiger partial charge in [-0.3, -0.25) is 0 Å². The molecule has 278 valence electrons. The topological polar surface area (TPSA) is 0 Å². The Balaban J connectivity index is 1.18. The minimum Gasteiger partial charge on any atom is -0.0616 e. The van der Waals surface area contributed by atoms with Gasteiger partial charge in [-0.2, -0.15) is 0 Å². The maximum atomic E-state index is 2.49. The Morgan fingerprint density at radius 1 is 0.167 bits per heavy atom. The molecule has 0 aromatic heterocycles. The SMILES string of the molecule is c1ccc2cc(-c3ccc(-c4c5ccccc5c(-c5ccc6ccccc6c5)c5cc(-c6ccc7ccccc7c6)c(-c6ccc7ccccc7c6)cc45)cc3)ccc2c1. The normalized spacial score (nSPS) is 11.7. The van der Waals surface area contributed by atoms with Crippen LogP contribution in [0.3, 0.4) is 0 Å². The third-order valence-corrected chi connectivity index (χ3v) is 12.6. The summed E-state index contributed by atoms with van der Waals surface area (Å²) in [7, 11) is 0. The summed E-state index contributed by atoms with van der Waals surface area (Å²) in [5, 5.41) is 14.9. The van der Waals surface area contributed by atoms with Gasteiger partial charge in [0.2, 0.25) is 0 Å². The molecule has 0 fully saturated rings. The molecule has 0 saturated carbocycles. The predicted octanol–water partition coefficient (Wildman–Crippen LogP) is 16.9. The van der Waals surface area contributed by atoms with Gasteiger partial charge in [-0.15, -0.1) is 0 Å². The summed E-state index contributed by atoms with van der Waals surface area (Å²) in [6.45, 7) is 0. The van der Waals surface area contributed by atoms with Crippen LogP contribution in [0.5, 0.6) is 0 Å². The average molecular weight is 759 g/mol. The van der Waals surface area contributed by atoms with Crippen molar-refractivity contribution in [2.45, 2.75) is 0 Å². The molecule has 0 nitrogen and oxygen atoms in total. The highest BCUT2D eigenvalue weighted by Crippen LogP contribution is 2.48. The van der Waals surface area contributed by atoms with Crippen molar-refractivity contribution in [3.63, 3.8) is 0 Å². The Morgan fingerprint density at radius 2 is 0.467 bits per heavy atom. The van der Waals surface area contributed by atoms with Gasteiger partial charge in [0.15, 0.2) is 0 Å². The summed E-state index contributed by atoms with van der Waals surface area (Å²) in [4.78, 5) is 0. The highest BCUT2D eigenvalue weighted by Gasteiger charge is 2.21. The molecule has 0 unspecified atom stereocenters. The van der Waals surface area contributed by atoms with Gasteiger partial charge < -0.3 is 0 Å². The van der Waals surface area contributed by atoms with E-state index in [2.05, 4.69) is 231 Å². The zero-order valence-corrected chi connectivity index (χ0v) is 32.9. The Hall–Kier alpha value is -7.80. The molecule has 0 heterocycles. The van der Waals surface area contributed by atoms with Crippen LogP contribution in [0.15, 0.2) is 231 Å². The van der Waals surface area contributed by atoms with E-state index in [0.717, 1.165) is 0 Å². The van der Waals surface area contributed by atoms with Crippen LogP contribution in [0.4, 0.5) is 0 Å². The van der Waals surface area contributed by atoms with Crippen molar-refractivity contribution in [1.82, 2.24) is 0 Å². The monoisotopic (exact) mass is 758 g/mol. The number of benzene rings is 12. The van der Waals surface area contributed by atoms with E-state index in [9.17, 15) is 0 Å². The van der Waals surface area contributed by atoms with Gasteiger partial charge in [0, 0.05) is 0 Å². The zero-order chi connectivity index (χ0) is 39.6. The lowest BCUT2D eigenvalue weighted by Crippen LogP contribution is -1.94. The van der Waals surface area contributed by atoms with Gasteiger partial charge in [-0.05, 0) is 157 Å². The first kappa shape index (κ1) is 34.3. The van der Waals surface area contributed by atoms with Crippen molar-refractivity contribution >= 4 is 64.6 Å². The molecule has 0 atom stereocenters.